The van der Waals surface area contributed by atoms with Gasteiger partial charge in [0.2, 0.25) is 10.0 Å². The summed E-state index contributed by atoms with van der Waals surface area (Å²) < 4.78 is 54.6. The standard InChI is InChI=1S/C16H24N2O5S2/c1-3-5-14-6-4-7-15(12-23-25(17,21)22)18(14)24(19,20)16-10-8-13(2)9-11-16/h3,8-11,14-15H,1,4-7,12H2,2H3,(H2,17,21,22)/t14-,15-/m1/s1. The van der Waals surface area contributed by atoms with Gasteiger partial charge in [0.1, 0.15) is 0 Å². The third-order valence-corrected chi connectivity index (χ3v) is 6.74. The molecule has 1 aromatic carbocycles. The number of piperidine rings is 1. The first-order valence-corrected chi connectivity index (χ1v) is 10.9. The molecule has 0 saturated carbocycles. The fourth-order valence-corrected chi connectivity index (χ4v) is 5.32. The van der Waals surface area contributed by atoms with Gasteiger partial charge in [-0.05, 0) is 38.3 Å². The van der Waals surface area contributed by atoms with Crippen molar-refractivity contribution < 1.29 is 21.0 Å². The van der Waals surface area contributed by atoms with Crippen molar-refractivity contribution in [3.63, 3.8) is 0 Å². The van der Waals surface area contributed by atoms with E-state index in [9.17, 15) is 16.8 Å². The summed E-state index contributed by atoms with van der Waals surface area (Å²) in [5.41, 5.74) is 0.953. The third kappa shape index (κ3) is 5.11. The lowest BCUT2D eigenvalue weighted by Crippen LogP contribution is -2.52. The molecule has 0 aliphatic carbocycles. The van der Waals surface area contributed by atoms with Gasteiger partial charge >= 0.3 is 10.3 Å². The fourth-order valence-electron chi connectivity index (χ4n) is 3.11. The van der Waals surface area contributed by atoms with Crippen molar-refractivity contribution >= 4 is 20.3 Å². The van der Waals surface area contributed by atoms with Gasteiger partial charge in [0.25, 0.3) is 0 Å². The molecule has 9 heteroatoms. The predicted octanol–water partition coefficient (Wildman–Crippen LogP) is 1.70. The molecule has 2 N–H and O–H groups in total. The summed E-state index contributed by atoms with van der Waals surface area (Å²) in [6.07, 6.45) is 4.12. The van der Waals surface area contributed by atoms with E-state index in [0.717, 1.165) is 12.0 Å². The molecule has 0 amide bonds. The van der Waals surface area contributed by atoms with Gasteiger partial charge in [-0.15, -0.1) is 6.58 Å². The van der Waals surface area contributed by atoms with Crippen LogP contribution in [0.1, 0.15) is 31.2 Å². The number of rotatable bonds is 7. The number of nitrogens with zero attached hydrogens (tertiary/aromatic N) is 1. The van der Waals surface area contributed by atoms with Crippen LogP contribution in [0.2, 0.25) is 0 Å². The lowest BCUT2D eigenvalue weighted by atomic mass is 9.97. The fraction of sp³-hybridized carbons (Fsp3) is 0.500. The second kappa shape index (κ2) is 7.96. The third-order valence-electron chi connectivity index (χ3n) is 4.25. The molecular formula is C16H24N2O5S2. The zero-order valence-electron chi connectivity index (χ0n) is 14.2. The van der Waals surface area contributed by atoms with Gasteiger partial charge in [-0.2, -0.15) is 12.7 Å². The van der Waals surface area contributed by atoms with Crippen LogP contribution in [0.5, 0.6) is 0 Å². The number of aryl methyl sites for hydroxylation is 1. The predicted molar refractivity (Wildman–Crippen MR) is 95.5 cm³/mol. The lowest BCUT2D eigenvalue weighted by molar-refractivity contribution is 0.129. The minimum atomic E-state index is -4.13. The zero-order chi connectivity index (χ0) is 18.7. The van der Waals surface area contributed by atoms with Crippen LogP contribution in [-0.4, -0.2) is 39.8 Å². The van der Waals surface area contributed by atoms with Crippen LogP contribution in [0.25, 0.3) is 0 Å². The average molecular weight is 389 g/mol. The Morgan fingerprint density at radius 3 is 2.36 bits per heavy atom. The molecule has 1 aliphatic heterocycles. The Bertz CT molecular complexity index is 803. The Balaban J connectivity index is 2.39. The van der Waals surface area contributed by atoms with Crippen molar-refractivity contribution in [2.75, 3.05) is 6.61 Å². The highest BCUT2D eigenvalue weighted by molar-refractivity contribution is 7.89. The Kier molecular flexibility index (Phi) is 6.39. The first-order chi connectivity index (χ1) is 11.6. The van der Waals surface area contributed by atoms with Gasteiger partial charge < -0.3 is 0 Å². The Hall–Kier alpha value is -1.26. The van der Waals surface area contributed by atoms with E-state index in [4.69, 9.17) is 9.32 Å². The number of benzene rings is 1. The molecule has 1 fully saturated rings. The summed E-state index contributed by atoms with van der Waals surface area (Å²) in [5.74, 6) is 0. The summed E-state index contributed by atoms with van der Waals surface area (Å²) in [7, 11) is -7.93. The van der Waals surface area contributed by atoms with E-state index in [-0.39, 0.29) is 17.5 Å². The van der Waals surface area contributed by atoms with Gasteiger partial charge in [-0.1, -0.05) is 30.2 Å². The van der Waals surface area contributed by atoms with Crippen LogP contribution in [0.3, 0.4) is 0 Å². The van der Waals surface area contributed by atoms with E-state index in [1.165, 1.54) is 4.31 Å². The minimum absolute atomic E-state index is 0.176. The maximum Gasteiger partial charge on any atom is 0.333 e. The molecule has 1 aromatic rings. The van der Waals surface area contributed by atoms with Crippen molar-refractivity contribution in [1.29, 1.82) is 0 Å². The average Bonchev–Trinajstić information content (AvgIpc) is 2.53. The van der Waals surface area contributed by atoms with Crippen LogP contribution < -0.4 is 5.14 Å². The Morgan fingerprint density at radius 1 is 1.20 bits per heavy atom. The molecular weight excluding hydrogens is 364 g/mol. The Labute approximate surface area is 149 Å². The quantitative estimate of drug-likeness (QED) is 0.716. The molecule has 2 rings (SSSR count). The van der Waals surface area contributed by atoms with Crippen molar-refractivity contribution in [3.05, 3.63) is 42.5 Å². The SMILES string of the molecule is C=CC[C@@H]1CCC[C@H](COS(N)(=O)=O)N1S(=O)(=O)c1ccc(C)cc1. The Morgan fingerprint density at radius 2 is 1.80 bits per heavy atom. The molecule has 0 unspecified atom stereocenters. The molecule has 7 nitrogen and oxygen atoms in total. The van der Waals surface area contributed by atoms with Gasteiger partial charge in [0.05, 0.1) is 17.5 Å². The highest BCUT2D eigenvalue weighted by Gasteiger charge is 2.39. The molecule has 0 aromatic heterocycles. The second-order valence-corrected chi connectivity index (χ2v) is 9.25. The summed E-state index contributed by atoms with van der Waals surface area (Å²) in [6, 6.07) is 5.70. The first kappa shape index (κ1) is 20.1. The van der Waals surface area contributed by atoms with Gasteiger partial charge in [-0.3, -0.25) is 4.18 Å². The monoisotopic (exact) mass is 388 g/mol. The topological polar surface area (TPSA) is 107 Å². The maximum atomic E-state index is 13.2. The first-order valence-electron chi connectivity index (χ1n) is 8.03. The molecule has 1 heterocycles. The highest BCUT2D eigenvalue weighted by atomic mass is 32.2. The minimum Gasteiger partial charge on any atom is -0.257 e. The van der Waals surface area contributed by atoms with E-state index in [2.05, 4.69) is 6.58 Å². The number of nitrogens with two attached hydrogens (primary N) is 1. The molecule has 25 heavy (non-hydrogen) atoms. The number of hydrogen-bond donors (Lipinski definition) is 1. The van der Waals surface area contributed by atoms with Crippen molar-refractivity contribution in [1.82, 2.24) is 4.31 Å². The summed E-state index contributed by atoms with van der Waals surface area (Å²) in [4.78, 5) is 0.176. The summed E-state index contributed by atoms with van der Waals surface area (Å²) >= 11 is 0. The maximum absolute atomic E-state index is 13.2. The molecule has 2 atom stereocenters. The van der Waals surface area contributed by atoms with E-state index >= 15 is 0 Å². The second-order valence-electron chi connectivity index (χ2n) is 6.19. The number of sulfonamides is 1. The van der Waals surface area contributed by atoms with Crippen LogP contribution >= 0.6 is 0 Å². The molecule has 0 radical (unpaired) electrons. The molecule has 1 saturated heterocycles. The van der Waals surface area contributed by atoms with E-state index in [1.54, 1.807) is 30.3 Å². The smallest absolute Gasteiger partial charge is 0.257 e. The zero-order valence-corrected chi connectivity index (χ0v) is 15.8. The molecule has 1 aliphatic rings. The van der Waals surface area contributed by atoms with Gasteiger partial charge in [0, 0.05) is 6.04 Å². The summed E-state index contributed by atoms with van der Waals surface area (Å²) in [5, 5.41) is 4.89. The number of hydrogen-bond acceptors (Lipinski definition) is 5. The van der Waals surface area contributed by atoms with Crippen LogP contribution in [0.4, 0.5) is 0 Å². The van der Waals surface area contributed by atoms with Gasteiger partial charge in [-0.25, -0.2) is 13.6 Å². The highest BCUT2D eigenvalue weighted by Crippen LogP contribution is 2.32. The van der Waals surface area contributed by atoms with Crippen molar-refractivity contribution in [3.8, 4) is 0 Å². The van der Waals surface area contributed by atoms with E-state index < -0.39 is 26.4 Å². The van der Waals surface area contributed by atoms with Crippen molar-refractivity contribution in [2.45, 2.75) is 49.6 Å². The van der Waals surface area contributed by atoms with E-state index in [1.807, 2.05) is 6.92 Å². The molecule has 0 bridgehead atoms. The summed E-state index contributed by atoms with van der Waals surface area (Å²) in [6.45, 7) is 5.28. The van der Waals surface area contributed by atoms with Crippen LogP contribution in [0, 0.1) is 6.92 Å². The molecule has 140 valence electrons. The van der Waals surface area contributed by atoms with Gasteiger partial charge in [0.15, 0.2) is 0 Å². The van der Waals surface area contributed by atoms with Crippen molar-refractivity contribution in [2.24, 2.45) is 5.14 Å². The largest absolute Gasteiger partial charge is 0.333 e. The normalized spacial score (nSPS) is 22.6. The van der Waals surface area contributed by atoms with E-state index in [0.29, 0.717) is 19.3 Å². The van der Waals surface area contributed by atoms with Crippen LogP contribution in [-0.2, 0) is 24.5 Å². The molecule has 0 spiro atoms. The lowest BCUT2D eigenvalue weighted by Gasteiger charge is -2.40. The van der Waals surface area contributed by atoms with Crippen LogP contribution in [0.15, 0.2) is 41.8 Å².